The van der Waals surface area contributed by atoms with Crippen LogP contribution in [-0.4, -0.2) is 48.1 Å². The van der Waals surface area contributed by atoms with Crippen LogP contribution in [0.2, 0.25) is 0 Å². The van der Waals surface area contributed by atoms with E-state index in [1.54, 1.807) is 0 Å². The maximum atomic E-state index is 10.5. The maximum absolute atomic E-state index is 10.5. The van der Waals surface area contributed by atoms with Gasteiger partial charge in [0.25, 0.3) is 0 Å². The lowest BCUT2D eigenvalue weighted by molar-refractivity contribution is 0.0930. The molecule has 2 rings (SSSR count). The Hall–Kier alpha value is -0.160. The molecule has 2 aliphatic rings. The number of hydrogen-bond donors (Lipinski definition) is 4. The monoisotopic (exact) mass is 326 g/mol. The molecule has 136 valence electrons. The molecule has 0 aliphatic heterocycles. The first-order valence-corrected chi connectivity index (χ1v) is 9.77. The Labute approximate surface area is 142 Å². The van der Waals surface area contributed by atoms with Gasteiger partial charge < -0.3 is 20.8 Å². The van der Waals surface area contributed by atoms with Crippen LogP contribution in [0, 0.1) is 23.7 Å². The number of hydrogen-bond acceptors (Lipinski definition) is 4. The predicted octanol–water partition coefficient (Wildman–Crippen LogP) is 2.15. The molecule has 0 spiro atoms. The molecular formula is C19H38N2O2. The maximum Gasteiger partial charge on any atom is 0.0721 e. The third kappa shape index (κ3) is 6.00. The van der Waals surface area contributed by atoms with Gasteiger partial charge in [-0.15, -0.1) is 0 Å². The number of nitrogens with one attached hydrogen (secondary N) is 2. The van der Waals surface area contributed by atoms with E-state index in [4.69, 9.17) is 0 Å². The van der Waals surface area contributed by atoms with E-state index in [1.165, 1.54) is 6.42 Å². The summed E-state index contributed by atoms with van der Waals surface area (Å²) in [5.74, 6) is 2.10. The van der Waals surface area contributed by atoms with Crippen molar-refractivity contribution in [1.82, 2.24) is 10.6 Å². The van der Waals surface area contributed by atoms with Crippen molar-refractivity contribution >= 4 is 0 Å². The lowest BCUT2D eigenvalue weighted by Gasteiger charge is -2.24. The summed E-state index contributed by atoms with van der Waals surface area (Å²) in [6.45, 7) is 9.63. The van der Waals surface area contributed by atoms with Crippen LogP contribution < -0.4 is 10.6 Å². The van der Waals surface area contributed by atoms with Crippen molar-refractivity contribution in [3.05, 3.63) is 0 Å². The fourth-order valence-electron chi connectivity index (χ4n) is 4.30. The van der Waals surface area contributed by atoms with Crippen LogP contribution in [0.1, 0.15) is 59.3 Å². The average molecular weight is 327 g/mol. The quantitative estimate of drug-likeness (QED) is 0.524. The van der Waals surface area contributed by atoms with Gasteiger partial charge in [0.1, 0.15) is 0 Å². The van der Waals surface area contributed by atoms with Gasteiger partial charge in [0.05, 0.1) is 12.2 Å². The molecule has 6 atom stereocenters. The van der Waals surface area contributed by atoms with Gasteiger partial charge in [-0.05, 0) is 68.9 Å². The average Bonchev–Trinajstić information content (AvgIpc) is 3.05. The Morgan fingerprint density at radius 2 is 1.74 bits per heavy atom. The number of rotatable bonds is 9. The normalized spacial score (nSPS) is 36.0. The highest BCUT2D eigenvalue weighted by molar-refractivity contribution is 4.90. The highest BCUT2D eigenvalue weighted by Gasteiger charge is 2.35. The Bertz CT molecular complexity index is 337. The summed E-state index contributed by atoms with van der Waals surface area (Å²) < 4.78 is 0. The van der Waals surface area contributed by atoms with Crippen molar-refractivity contribution in [3.8, 4) is 0 Å². The Morgan fingerprint density at radius 1 is 0.957 bits per heavy atom. The van der Waals surface area contributed by atoms with Crippen molar-refractivity contribution in [2.75, 3.05) is 19.6 Å². The molecule has 23 heavy (non-hydrogen) atoms. The van der Waals surface area contributed by atoms with Crippen molar-refractivity contribution in [2.24, 2.45) is 23.7 Å². The fraction of sp³-hybridized carbons (Fsp3) is 1.00. The van der Waals surface area contributed by atoms with E-state index in [2.05, 4.69) is 31.4 Å². The molecule has 2 fully saturated rings. The summed E-state index contributed by atoms with van der Waals surface area (Å²) in [5.41, 5.74) is 0. The van der Waals surface area contributed by atoms with Gasteiger partial charge in [-0.25, -0.2) is 0 Å². The zero-order valence-electron chi connectivity index (χ0n) is 15.3. The van der Waals surface area contributed by atoms with Crippen molar-refractivity contribution < 1.29 is 10.2 Å². The first-order chi connectivity index (χ1) is 11.0. The van der Waals surface area contributed by atoms with Crippen LogP contribution in [0.4, 0.5) is 0 Å². The Kier molecular flexibility index (Phi) is 7.80. The lowest BCUT2D eigenvalue weighted by atomic mass is 9.92. The molecule has 2 saturated carbocycles. The molecule has 0 radical (unpaired) electrons. The van der Waals surface area contributed by atoms with E-state index in [-0.39, 0.29) is 18.2 Å². The zero-order chi connectivity index (χ0) is 16.8. The Morgan fingerprint density at radius 3 is 2.39 bits per heavy atom. The largest absolute Gasteiger partial charge is 0.393 e. The third-order valence-corrected chi connectivity index (χ3v) is 5.76. The second kappa shape index (κ2) is 9.36. The van der Waals surface area contributed by atoms with Gasteiger partial charge in [-0.1, -0.05) is 27.2 Å². The van der Waals surface area contributed by atoms with E-state index < -0.39 is 0 Å². The van der Waals surface area contributed by atoms with E-state index in [1.807, 2.05) is 0 Å². The summed E-state index contributed by atoms with van der Waals surface area (Å²) in [5, 5.41) is 27.5. The van der Waals surface area contributed by atoms with E-state index >= 15 is 0 Å². The lowest BCUT2D eigenvalue weighted by Crippen LogP contribution is -2.40. The van der Waals surface area contributed by atoms with Gasteiger partial charge >= 0.3 is 0 Å². The molecule has 0 bridgehead atoms. The molecular weight excluding hydrogens is 288 g/mol. The van der Waals surface area contributed by atoms with Crippen LogP contribution >= 0.6 is 0 Å². The van der Waals surface area contributed by atoms with E-state index in [0.717, 1.165) is 51.7 Å². The van der Waals surface area contributed by atoms with Crippen LogP contribution in [0.5, 0.6) is 0 Å². The van der Waals surface area contributed by atoms with Gasteiger partial charge in [-0.2, -0.15) is 0 Å². The van der Waals surface area contributed by atoms with Gasteiger partial charge in [0.15, 0.2) is 0 Å². The van der Waals surface area contributed by atoms with Crippen molar-refractivity contribution in [2.45, 2.75) is 77.5 Å². The molecule has 0 saturated heterocycles. The highest BCUT2D eigenvalue weighted by Crippen LogP contribution is 2.31. The van der Waals surface area contributed by atoms with Crippen LogP contribution in [0.25, 0.3) is 0 Å². The summed E-state index contributed by atoms with van der Waals surface area (Å²) in [4.78, 5) is 0. The number of aliphatic hydroxyl groups is 2. The molecule has 0 aromatic carbocycles. The van der Waals surface area contributed by atoms with Crippen molar-refractivity contribution in [3.63, 3.8) is 0 Å². The minimum Gasteiger partial charge on any atom is -0.393 e. The molecule has 2 aliphatic carbocycles. The second-order valence-electron chi connectivity index (χ2n) is 8.49. The summed E-state index contributed by atoms with van der Waals surface area (Å²) in [6, 6.07) is 0.288. The minimum absolute atomic E-state index is 0.0951. The van der Waals surface area contributed by atoms with Gasteiger partial charge in [-0.3, -0.25) is 0 Å². The molecule has 4 nitrogen and oxygen atoms in total. The zero-order valence-corrected chi connectivity index (χ0v) is 15.3. The number of aliphatic hydroxyl groups excluding tert-OH is 2. The topological polar surface area (TPSA) is 64.5 Å². The fourth-order valence-corrected chi connectivity index (χ4v) is 4.30. The minimum atomic E-state index is -0.187. The molecule has 4 heteroatoms. The van der Waals surface area contributed by atoms with Crippen molar-refractivity contribution in [1.29, 1.82) is 0 Å². The third-order valence-electron chi connectivity index (χ3n) is 5.76. The van der Waals surface area contributed by atoms with Crippen LogP contribution in [0.3, 0.4) is 0 Å². The standard InChI is InChI=1S/C19H38N2O2/c1-13(2)10-21-17-8-7-15(19(17)23)9-14(3)11-20-12-16-5-4-6-18(16)22/h13-23H,4-12H2,1-3H3/t14?,15?,16-,17+,18+,19-/m1/s1. The summed E-state index contributed by atoms with van der Waals surface area (Å²) in [7, 11) is 0. The molecule has 2 unspecified atom stereocenters. The Balaban J connectivity index is 1.62. The van der Waals surface area contributed by atoms with Crippen LogP contribution in [-0.2, 0) is 0 Å². The van der Waals surface area contributed by atoms with Gasteiger partial charge in [0.2, 0.25) is 0 Å². The smallest absolute Gasteiger partial charge is 0.0721 e. The first kappa shape index (κ1) is 19.2. The molecule has 4 N–H and O–H groups in total. The SMILES string of the molecule is CC(C)CN[C@H]1CCC(CC(C)CNC[C@H]2CCC[C@@H]2O)[C@H]1O. The van der Waals surface area contributed by atoms with E-state index in [9.17, 15) is 10.2 Å². The van der Waals surface area contributed by atoms with E-state index in [0.29, 0.717) is 23.7 Å². The molecule has 0 amide bonds. The molecule has 0 heterocycles. The molecule has 0 aromatic heterocycles. The first-order valence-electron chi connectivity index (χ1n) is 9.77. The van der Waals surface area contributed by atoms with Gasteiger partial charge in [0, 0.05) is 12.6 Å². The molecule has 0 aromatic rings. The highest BCUT2D eigenvalue weighted by atomic mass is 16.3. The summed E-state index contributed by atoms with van der Waals surface area (Å²) in [6.07, 6.45) is 6.36. The predicted molar refractivity (Wildman–Crippen MR) is 95.4 cm³/mol. The summed E-state index contributed by atoms with van der Waals surface area (Å²) >= 11 is 0. The second-order valence-corrected chi connectivity index (χ2v) is 8.49. The van der Waals surface area contributed by atoms with Crippen LogP contribution in [0.15, 0.2) is 0 Å².